The molecule has 0 bridgehead atoms. The molecule has 1 atom stereocenters. The maximum atomic E-state index is 12.7. The maximum Gasteiger partial charge on any atom is 0.227 e. The average molecular weight is 313 g/mol. The molecule has 0 heterocycles. The Balaban J connectivity index is 4.83. The van der Waals surface area contributed by atoms with Crippen LogP contribution in [0.15, 0.2) is 0 Å². The Morgan fingerprint density at radius 3 is 2.09 bits per heavy atom. The van der Waals surface area contributed by atoms with E-state index in [1.165, 1.54) is 6.92 Å². The molecule has 0 unspecified atom stereocenters. The van der Waals surface area contributed by atoms with Crippen molar-refractivity contribution >= 4 is 17.7 Å². The van der Waals surface area contributed by atoms with Gasteiger partial charge in [0.1, 0.15) is 0 Å². The number of amides is 3. The van der Waals surface area contributed by atoms with E-state index in [0.717, 1.165) is 6.42 Å². The average Bonchev–Trinajstić information content (AvgIpc) is 2.51. The standard InChI is InChI=1S/C16H31N3O3/c1-6-10-19(11-9-15(21)17-5)16(22)14(7-2)12-18(8-3)13(4)20/h14H,6-12H2,1-5H3,(H,17,21)/t14-/m1/s1. The molecular weight excluding hydrogens is 282 g/mol. The first-order valence-corrected chi connectivity index (χ1v) is 8.15. The summed E-state index contributed by atoms with van der Waals surface area (Å²) in [6.45, 7) is 9.51. The molecule has 0 spiro atoms. The normalized spacial score (nSPS) is 11.7. The van der Waals surface area contributed by atoms with E-state index in [9.17, 15) is 14.4 Å². The molecule has 0 aliphatic rings. The quantitative estimate of drug-likeness (QED) is 0.660. The molecule has 128 valence electrons. The topological polar surface area (TPSA) is 69.7 Å². The second-order valence-electron chi connectivity index (χ2n) is 5.41. The van der Waals surface area contributed by atoms with Gasteiger partial charge in [0.25, 0.3) is 0 Å². The number of carbonyl (C=O) groups excluding carboxylic acids is 3. The smallest absolute Gasteiger partial charge is 0.227 e. The fraction of sp³-hybridized carbons (Fsp3) is 0.812. The minimum Gasteiger partial charge on any atom is -0.359 e. The highest BCUT2D eigenvalue weighted by Crippen LogP contribution is 2.12. The van der Waals surface area contributed by atoms with E-state index in [0.29, 0.717) is 39.0 Å². The highest BCUT2D eigenvalue weighted by molar-refractivity contribution is 5.81. The molecule has 0 saturated heterocycles. The Hall–Kier alpha value is -1.59. The van der Waals surface area contributed by atoms with Crippen LogP contribution < -0.4 is 5.32 Å². The molecule has 0 saturated carbocycles. The van der Waals surface area contributed by atoms with E-state index >= 15 is 0 Å². The summed E-state index contributed by atoms with van der Waals surface area (Å²) >= 11 is 0. The summed E-state index contributed by atoms with van der Waals surface area (Å²) in [6.07, 6.45) is 1.84. The van der Waals surface area contributed by atoms with E-state index in [1.54, 1.807) is 16.8 Å². The first-order valence-electron chi connectivity index (χ1n) is 8.15. The van der Waals surface area contributed by atoms with Crippen molar-refractivity contribution in [1.82, 2.24) is 15.1 Å². The van der Waals surface area contributed by atoms with Gasteiger partial charge in [0.05, 0.1) is 5.92 Å². The van der Waals surface area contributed by atoms with Crippen LogP contribution in [0.3, 0.4) is 0 Å². The molecule has 22 heavy (non-hydrogen) atoms. The molecule has 1 N–H and O–H groups in total. The number of carbonyl (C=O) groups is 3. The molecule has 0 aromatic carbocycles. The van der Waals surface area contributed by atoms with Gasteiger partial charge >= 0.3 is 0 Å². The SMILES string of the molecule is CCCN(CCC(=O)NC)C(=O)[C@H](CC)CN(CC)C(C)=O. The molecule has 3 amide bonds. The molecular formula is C16H31N3O3. The lowest BCUT2D eigenvalue weighted by Crippen LogP contribution is -2.44. The minimum atomic E-state index is -0.208. The van der Waals surface area contributed by atoms with Crippen LogP contribution in [0, 0.1) is 5.92 Å². The van der Waals surface area contributed by atoms with Crippen molar-refractivity contribution in [2.24, 2.45) is 5.92 Å². The van der Waals surface area contributed by atoms with E-state index in [-0.39, 0.29) is 23.6 Å². The number of hydrogen-bond acceptors (Lipinski definition) is 3. The molecule has 0 aromatic heterocycles. The van der Waals surface area contributed by atoms with E-state index in [4.69, 9.17) is 0 Å². The first kappa shape index (κ1) is 20.4. The highest BCUT2D eigenvalue weighted by atomic mass is 16.2. The summed E-state index contributed by atoms with van der Waals surface area (Å²) in [7, 11) is 1.59. The van der Waals surface area contributed by atoms with Gasteiger partial charge in [-0.1, -0.05) is 13.8 Å². The number of rotatable bonds is 10. The summed E-state index contributed by atoms with van der Waals surface area (Å²) in [4.78, 5) is 39.1. The molecule has 0 aliphatic carbocycles. The van der Waals surface area contributed by atoms with Crippen LogP contribution in [0.5, 0.6) is 0 Å². The Labute approximate surface area is 134 Å². The first-order chi connectivity index (χ1) is 10.4. The Morgan fingerprint density at radius 2 is 1.68 bits per heavy atom. The zero-order chi connectivity index (χ0) is 17.1. The van der Waals surface area contributed by atoms with Gasteiger partial charge in [0.15, 0.2) is 0 Å². The predicted molar refractivity (Wildman–Crippen MR) is 87.3 cm³/mol. The Bertz CT molecular complexity index is 372. The van der Waals surface area contributed by atoms with Crippen LogP contribution >= 0.6 is 0 Å². The van der Waals surface area contributed by atoms with E-state index < -0.39 is 0 Å². The van der Waals surface area contributed by atoms with Gasteiger partial charge in [-0.05, 0) is 19.8 Å². The lowest BCUT2D eigenvalue weighted by Gasteiger charge is -2.30. The van der Waals surface area contributed by atoms with Crippen LogP contribution in [-0.4, -0.2) is 60.7 Å². The second-order valence-corrected chi connectivity index (χ2v) is 5.41. The van der Waals surface area contributed by atoms with Gasteiger partial charge in [-0.3, -0.25) is 14.4 Å². The number of nitrogens with zero attached hydrogens (tertiary/aromatic N) is 2. The van der Waals surface area contributed by atoms with Gasteiger partial charge in [0, 0.05) is 46.6 Å². The summed E-state index contributed by atoms with van der Waals surface area (Å²) < 4.78 is 0. The highest BCUT2D eigenvalue weighted by Gasteiger charge is 2.25. The molecule has 0 rings (SSSR count). The van der Waals surface area contributed by atoms with Crippen molar-refractivity contribution < 1.29 is 14.4 Å². The van der Waals surface area contributed by atoms with Crippen LogP contribution in [0.2, 0.25) is 0 Å². The van der Waals surface area contributed by atoms with Crippen molar-refractivity contribution in [2.75, 3.05) is 33.2 Å². The summed E-state index contributed by atoms with van der Waals surface area (Å²) in [5.41, 5.74) is 0. The van der Waals surface area contributed by atoms with Gasteiger partial charge < -0.3 is 15.1 Å². The van der Waals surface area contributed by atoms with E-state index in [1.807, 2.05) is 20.8 Å². The van der Waals surface area contributed by atoms with Crippen LogP contribution in [0.4, 0.5) is 0 Å². The molecule has 0 radical (unpaired) electrons. The third-order valence-electron chi connectivity index (χ3n) is 3.80. The van der Waals surface area contributed by atoms with Gasteiger partial charge in [-0.25, -0.2) is 0 Å². The largest absolute Gasteiger partial charge is 0.359 e. The van der Waals surface area contributed by atoms with Gasteiger partial charge in [0.2, 0.25) is 17.7 Å². The van der Waals surface area contributed by atoms with Gasteiger partial charge in [-0.2, -0.15) is 0 Å². The van der Waals surface area contributed by atoms with Crippen molar-refractivity contribution in [3.63, 3.8) is 0 Å². The summed E-state index contributed by atoms with van der Waals surface area (Å²) in [5, 5.41) is 2.57. The lowest BCUT2D eigenvalue weighted by atomic mass is 10.0. The van der Waals surface area contributed by atoms with Crippen molar-refractivity contribution in [2.45, 2.75) is 47.0 Å². The van der Waals surface area contributed by atoms with Crippen LogP contribution in [0.1, 0.15) is 47.0 Å². The van der Waals surface area contributed by atoms with Crippen molar-refractivity contribution in [1.29, 1.82) is 0 Å². The Kier molecular flexibility index (Phi) is 10.2. The molecule has 6 nitrogen and oxygen atoms in total. The molecule has 0 aromatic rings. The number of hydrogen-bond donors (Lipinski definition) is 1. The molecule has 0 fully saturated rings. The zero-order valence-electron chi connectivity index (χ0n) is 14.6. The monoisotopic (exact) mass is 313 g/mol. The van der Waals surface area contributed by atoms with Crippen LogP contribution in [-0.2, 0) is 14.4 Å². The fourth-order valence-electron chi connectivity index (χ4n) is 2.35. The zero-order valence-corrected chi connectivity index (χ0v) is 14.6. The number of nitrogens with one attached hydrogen (secondary N) is 1. The fourth-order valence-corrected chi connectivity index (χ4v) is 2.35. The van der Waals surface area contributed by atoms with Crippen molar-refractivity contribution in [3.8, 4) is 0 Å². The molecule has 6 heteroatoms. The van der Waals surface area contributed by atoms with Crippen LogP contribution in [0.25, 0.3) is 0 Å². The maximum absolute atomic E-state index is 12.7. The summed E-state index contributed by atoms with van der Waals surface area (Å²) in [6, 6.07) is 0. The third-order valence-corrected chi connectivity index (χ3v) is 3.80. The minimum absolute atomic E-state index is 0.0128. The Morgan fingerprint density at radius 1 is 1.05 bits per heavy atom. The third kappa shape index (κ3) is 6.91. The summed E-state index contributed by atoms with van der Waals surface area (Å²) in [5.74, 6) is -0.255. The lowest BCUT2D eigenvalue weighted by molar-refractivity contribution is -0.138. The van der Waals surface area contributed by atoms with Gasteiger partial charge in [-0.15, -0.1) is 0 Å². The molecule has 0 aliphatic heterocycles. The second kappa shape index (κ2) is 11.0. The van der Waals surface area contributed by atoms with Crippen molar-refractivity contribution in [3.05, 3.63) is 0 Å². The predicted octanol–water partition coefficient (Wildman–Crippen LogP) is 1.26. The van der Waals surface area contributed by atoms with E-state index in [2.05, 4.69) is 5.32 Å².